The van der Waals surface area contributed by atoms with Gasteiger partial charge >= 0.3 is 0 Å². The Morgan fingerprint density at radius 3 is 2.53 bits per heavy atom. The Morgan fingerprint density at radius 1 is 1.00 bits per heavy atom. The number of amides is 1. The fraction of sp³-hybridized carbons (Fsp3) is 0.333. The van der Waals surface area contributed by atoms with E-state index in [1.54, 1.807) is 6.07 Å². The van der Waals surface area contributed by atoms with Crippen LogP contribution in [-0.4, -0.2) is 53.6 Å². The van der Waals surface area contributed by atoms with Gasteiger partial charge in [-0.15, -0.1) is 0 Å². The van der Waals surface area contributed by atoms with Gasteiger partial charge in [-0.2, -0.15) is 0 Å². The highest BCUT2D eigenvalue weighted by atomic mass is 16.5. The van der Waals surface area contributed by atoms with Crippen molar-refractivity contribution in [2.24, 2.45) is 0 Å². The van der Waals surface area contributed by atoms with Gasteiger partial charge in [-0.1, -0.05) is 65.3 Å². The zero-order valence-electron chi connectivity index (χ0n) is 17.4. The number of carbonyl (C=O) groups is 1. The van der Waals surface area contributed by atoms with Gasteiger partial charge in [-0.3, -0.25) is 19.9 Å². The molecule has 1 N–H and O–H groups in total. The van der Waals surface area contributed by atoms with E-state index < -0.39 is 0 Å². The number of hydrogen-bond acceptors (Lipinski definition) is 5. The average molecular weight is 405 g/mol. The van der Waals surface area contributed by atoms with E-state index >= 15 is 0 Å². The number of anilines is 1. The van der Waals surface area contributed by atoms with E-state index in [0.29, 0.717) is 12.4 Å². The summed E-state index contributed by atoms with van der Waals surface area (Å²) in [7, 11) is 0. The first kappa shape index (κ1) is 20.3. The first-order chi connectivity index (χ1) is 14.7. The summed E-state index contributed by atoms with van der Waals surface area (Å²) in [6, 6.07) is 20.4. The third-order valence-corrected chi connectivity index (χ3v) is 5.42. The van der Waals surface area contributed by atoms with Gasteiger partial charge in [-0.25, -0.2) is 0 Å². The van der Waals surface area contributed by atoms with E-state index in [9.17, 15) is 4.79 Å². The molecule has 156 valence electrons. The summed E-state index contributed by atoms with van der Waals surface area (Å²) in [6.45, 7) is 7.18. The van der Waals surface area contributed by atoms with Gasteiger partial charge in [0, 0.05) is 31.3 Å². The van der Waals surface area contributed by atoms with Crippen molar-refractivity contribution in [3.8, 4) is 11.3 Å². The molecule has 0 radical (unpaired) electrons. The molecule has 6 nitrogen and oxygen atoms in total. The van der Waals surface area contributed by atoms with Crippen molar-refractivity contribution in [1.29, 1.82) is 0 Å². The fourth-order valence-electron chi connectivity index (χ4n) is 3.76. The number of aromatic nitrogens is 1. The van der Waals surface area contributed by atoms with Gasteiger partial charge < -0.3 is 4.52 Å². The molecule has 0 aliphatic carbocycles. The summed E-state index contributed by atoms with van der Waals surface area (Å²) in [5.74, 6) is 0.314. The van der Waals surface area contributed by atoms with E-state index in [4.69, 9.17) is 4.52 Å². The summed E-state index contributed by atoms with van der Waals surface area (Å²) in [4.78, 5) is 17.2. The van der Waals surface area contributed by atoms with Crippen molar-refractivity contribution < 1.29 is 9.32 Å². The summed E-state index contributed by atoms with van der Waals surface area (Å²) < 4.78 is 5.31. The van der Waals surface area contributed by atoms with Gasteiger partial charge in [0.25, 0.3) is 0 Å². The Balaban J connectivity index is 1.26. The van der Waals surface area contributed by atoms with E-state index in [1.165, 1.54) is 11.1 Å². The molecule has 1 saturated heterocycles. The number of aryl methyl sites for hydroxylation is 1. The summed E-state index contributed by atoms with van der Waals surface area (Å²) >= 11 is 0. The number of rotatable bonds is 6. The first-order valence-electron chi connectivity index (χ1n) is 10.5. The number of hydrogen-bond donors (Lipinski definition) is 1. The molecule has 0 unspecified atom stereocenters. The molecule has 1 aliphatic heterocycles. The molecule has 1 aromatic heterocycles. The SMILES string of the molecule is Cc1ccc(-c2cc(NC(=O)CN3CCCN(Cc4ccccc4)CC3)on2)cc1. The molecule has 1 aliphatic rings. The predicted molar refractivity (Wildman–Crippen MR) is 118 cm³/mol. The monoisotopic (exact) mass is 404 g/mol. The quantitative estimate of drug-likeness (QED) is 0.677. The van der Waals surface area contributed by atoms with Crippen LogP contribution < -0.4 is 5.32 Å². The normalized spacial score (nSPS) is 15.6. The third kappa shape index (κ3) is 5.55. The maximum atomic E-state index is 12.5. The van der Waals surface area contributed by atoms with Crippen LogP contribution >= 0.6 is 0 Å². The predicted octanol–water partition coefficient (Wildman–Crippen LogP) is 3.80. The van der Waals surface area contributed by atoms with Crippen LogP contribution in [0.1, 0.15) is 17.5 Å². The standard InChI is InChI=1S/C24H28N4O2/c1-19-8-10-21(11-9-19)22-16-24(30-26-22)25-23(29)18-28-13-5-12-27(14-15-28)17-20-6-3-2-4-7-20/h2-4,6-11,16H,5,12-15,17-18H2,1H3,(H,25,29). The second-order valence-corrected chi connectivity index (χ2v) is 7.88. The molecule has 0 atom stereocenters. The topological polar surface area (TPSA) is 61.6 Å². The van der Waals surface area contributed by atoms with Crippen molar-refractivity contribution >= 4 is 11.8 Å². The molecular formula is C24H28N4O2. The Morgan fingerprint density at radius 2 is 1.73 bits per heavy atom. The summed E-state index contributed by atoms with van der Waals surface area (Å²) in [5.41, 5.74) is 4.21. The van der Waals surface area contributed by atoms with E-state index in [0.717, 1.165) is 50.4 Å². The highest BCUT2D eigenvalue weighted by Gasteiger charge is 2.18. The van der Waals surface area contributed by atoms with Crippen LogP contribution in [0.3, 0.4) is 0 Å². The highest BCUT2D eigenvalue weighted by molar-refractivity contribution is 5.91. The van der Waals surface area contributed by atoms with Crippen LogP contribution in [0.2, 0.25) is 0 Å². The Bertz CT molecular complexity index is 953. The summed E-state index contributed by atoms with van der Waals surface area (Å²) in [6.07, 6.45) is 1.06. The lowest BCUT2D eigenvalue weighted by Gasteiger charge is -2.21. The molecule has 0 saturated carbocycles. The lowest BCUT2D eigenvalue weighted by molar-refractivity contribution is -0.117. The van der Waals surface area contributed by atoms with E-state index in [1.807, 2.05) is 37.3 Å². The minimum atomic E-state index is -0.0712. The minimum absolute atomic E-state index is 0.0712. The van der Waals surface area contributed by atoms with Crippen molar-refractivity contribution in [2.75, 3.05) is 38.0 Å². The highest BCUT2D eigenvalue weighted by Crippen LogP contribution is 2.22. The molecule has 4 rings (SSSR count). The molecule has 6 heteroatoms. The van der Waals surface area contributed by atoms with Crippen molar-refractivity contribution in [1.82, 2.24) is 15.0 Å². The van der Waals surface area contributed by atoms with Gasteiger partial charge in [-0.05, 0) is 32.0 Å². The molecule has 30 heavy (non-hydrogen) atoms. The van der Waals surface area contributed by atoms with Crippen LogP contribution in [0.5, 0.6) is 0 Å². The molecular weight excluding hydrogens is 376 g/mol. The van der Waals surface area contributed by atoms with Gasteiger partial charge in [0.1, 0.15) is 5.69 Å². The van der Waals surface area contributed by atoms with Gasteiger partial charge in [0.15, 0.2) is 0 Å². The molecule has 1 fully saturated rings. The van der Waals surface area contributed by atoms with Gasteiger partial charge in [0.2, 0.25) is 11.8 Å². The Labute approximate surface area is 177 Å². The molecule has 0 spiro atoms. The van der Waals surface area contributed by atoms with Crippen LogP contribution in [0.25, 0.3) is 11.3 Å². The lowest BCUT2D eigenvalue weighted by Crippen LogP contribution is -2.36. The minimum Gasteiger partial charge on any atom is -0.338 e. The average Bonchev–Trinajstić information content (AvgIpc) is 3.10. The van der Waals surface area contributed by atoms with Crippen molar-refractivity contribution in [2.45, 2.75) is 19.9 Å². The van der Waals surface area contributed by atoms with Crippen LogP contribution in [0.4, 0.5) is 5.88 Å². The lowest BCUT2D eigenvalue weighted by atomic mass is 10.1. The molecule has 0 bridgehead atoms. The molecule has 1 amide bonds. The fourth-order valence-corrected chi connectivity index (χ4v) is 3.76. The molecule has 2 heterocycles. The second-order valence-electron chi connectivity index (χ2n) is 7.88. The zero-order chi connectivity index (χ0) is 20.8. The number of nitrogens with zero attached hydrogens (tertiary/aromatic N) is 3. The Hall–Kier alpha value is -2.96. The second kappa shape index (κ2) is 9.69. The first-order valence-corrected chi connectivity index (χ1v) is 10.5. The maximum absolute atomic E-state index is 12.5. The van der Waals surface area contributed by atoms with Crippen molar-refractivity contribution in [3.63, 3.8) is 0 Å². The smallest absolute Gasteiger partial charge is 0.240 e. The number of nitrogens with one attached hydrogen (secondary N) is 1. The van der Waals surface area contributed by atoms with Crippen LogP contribution in [0.15, 0.2) is 65.2 Å². The maximum Gasteiger partial charge on any atom is 0.240 e. The molecule has 3 aromatic rings. The van der Waals surface area contributed by atoms with Crippen LogP contribution in [-0.2, 0) is 11.3 Å². The third-order valence-electron chi connectivity index (χ3n) is 5.42. The number of carbonyl (C=O) groups excluding carboxylic acids is 1. The molecule has 2 aromatic carbocycles. The zero-order valence-corrected chi connectivity index (χ0v) is 17.4. The van der Waals surface area contributed by atoms with E-state index in [2.05, 4.69) is 44.5 Å². The number of benzene rings is 2. The van der Waals surface area contributed by atoms with E-state index in [-0.39, 0.29) is 5.91 Å². The van der Waals surface area contributed by atoms with Gasteiger partial charge in [0.05, 0.1) is 6.54 Å². The van der Waals surface area contributed by atoms with Crippen LogP contribution in [0, 0.1) is 6.92 Å². The largest absolute Gasteiger partial charge is 0.338 e. The Kier molecular flexibility index (Phi) is 6.57. The summed E-state index contributed by atoms with van der Waals surface area (Å²) in [5, 5.41) is 6.91. The van der Waals surface area contributed by atoms with Crippen molar-refractivity contribution in [3.05, 3.63) is 71.8 Å².